The van der Waals surface area contributed by atoms with Crippen molar-refractivity contribution in [3.05, 3.63) is 101 Å². The van der Waals surface area contributed by atoms with Gasteiger partial charge in [-0.3, -0.25) is 9.29 Å². The van der Waals surface area contributed by atoms with Crippen LogP contribution in [0.1, 0.15) is 29.2 Å². The molecule has 0 aliphatic rings. The van der Waals surface area contributed by atoms with Gasteiger partial charge < -0.3 is 5.32 Å². The molecule has 198 valence electrons. The van der Waals surface area contributed by atoms with E-state index in [1.807, 2.05) is 62.4 Å². The van der Waals surface area contributed by atoms with Crippen LogP contribution in [0.15, 0.2) is 83.5 Å². The van der Waals surface area contributed by atoms with Crippen molar-refractivity contribution in [3.63, 3.8) is 0 Å². The van der Waals surface area contributed by atoms with E-state index in [0.29, 0.717) is 5.69 Å². The molecule has 0 saturated carbocycles. The number of hydrogen-bond donors (Lipinski definition) is 2. The van der Waals surface area contributed by atoms with Crippen molar-refractivity contribution < 1.29 is 18.0 Å². The number of amides is 2. The Kier molecular flexibility index (Phi) is 7.30. The monoisotopic (exact) mass is 547 g/mol. The van der Waals surface area contributed by atoms with Crippen LogP contribution in [-0.2, 0) is 12.6 Å². The molecule has 2 N–H and O–H groups in total. The molecule has 0 unspecified atom stereocenters. The predicted octanol–water partition coefficient (Wildman–Crippen LogP) is 7.87. The molecule has 39 heavy (non-hydrogen) atoms. The number of nitrogens with zero attached hydrogens (tertiary/aromatic N) is 3. The van der Waals surface area contributed by atoms with Crippen molar-refractivity contribution in [1.82, 2.24) is 14.3 Å². The highest BCUT2D eigenvalue weighted by Gasteiger charge is 2.30. The largest absolute Gasteiger partial charge is 0.416 e. The van der Waals surface area contributed by atoms with E-state index in [-0.39, 0.29) is 6.03 Å². The topological polar surface area (TPSA) is 71.3 Å². The summed E-state index contributed by atoms with van der Waals surface area (Å²) in [5, 5.41) is 4.73. The van der Waals surface area contributed by atoms with Crippen LogP contribution in [0.3, 0.4) is 0 Å². The lowest BCUT2D eigenvalue weighted by Gasteiger charge is -2.12. The second kappa shape index (κ2) is 10.8. The van der Waals surface area contributed by atoms with Crippen molar-refractivity contribution >= 4 is 51.9 Å². The fourth-order valence-corrected chi connectivity index (χ4v) is 4.78. The van der Waals surface area contributed by atoms with Crippen LogP contribution in [0.4, 0.5) is 23.7 Å². The molecule has 6 nitrogen and oxygen atoms in total. The van der Waals surface area contributed by atoms with Crippen LogP contribution < -0.4 is 10.0 Å². The van der Waals surface area contributed by atoms with E-state index in [1.165, 1.54) is 12.1 Å². The summed E-state index contributed by atoms with van der Waals surface area (Å²) >= 11 is 0.927. The molecule has 0 spiro atoms. The lowest BCUT2D eigenvalue weighted by molar-refractivity contribution is -0.137. The summed E-state index contributed by atoms with van der Waals surface area (Å²) in [5.41, 5.74) is 5.13. The standard InChI is InChI=1S/C29H24F3N5OS/c1-3-20-6-4-5-18(2)26(20)35-28(38)36-39-34-16-19-7-13-24-21(15-19)8-14-25-27(24)33-17-37(25)23-11-9-22(10-12-23)29(30,31)32/h4-17H,3H2,1-2H3,(H2,35,36,38). The van der Waals surface area contributed by atoms with E-state index in [4.69, 9.17) is 0 Å². The Morgan fingerprint density at radius 2 is 1.87 bits per heavy atom. The highest BCUT2D eigenvalue weighted by atomic mass is 32.2. The highest BCUT2D eigenvalue weighted by molar-refractivity contribution is 7.96. The van der Waals surface area contributed by atoms with Gasteiger partial charge in [-0.15, -0.1) is 0 Å². The minimum absolute atomic E-state index is 0.356. The smallest absolute Gasteiger partial charge is 0.307 e. The first-order valence-corrected chi connectivity index (χ1v) is 12.9. The number of nitrogens with one attached hydrogen (secondary N) is 2. The quantitative estimate of drug-likeness (QED) is 0.168. The third kappa shape index (κ3) is 5.61. The van der Waals surface area contributed by atoms with Gasteiger partial charge in [0.25, 0.3) is 0 Å². The van der Waals surface area contributed by atoms with E-state index in [0.717, 1.165) is 74.9 Å². The van der Waals surface area contributed by atoms with E-state index < -0.39 is 11.7 Å². The van der Waals surface area contributed by atoms with Gasteiger partial charge in [0.15, 0.2) is 0 Å². The number of rotatable bonds is 6. The number of halogens is 3. The predicted molar refractivity (Wildman–Crippen MR) is 151 cm³/mol. The summed E-state index contributed by atoms with van der Waals surface area (Å²) in [6.45, 7) is 3.99. The molecule has 0 bridgehead atoms. The molecule has 0 aliphatic carbocycles. The number of anilines is 1. The van der Waals surface area contributed by atoms with Crippen LogP contribution in [0, 0.1) is 6.92 Å². The third-order valence-corrected chi connectivity index (χ3v) is 6.89. The van der Waals surface area contributed by atoms with Gasteiger partial charge in [-0.25, -0.2) is 14.2 Å². The van der Waals surface area contributed by atoms with Crippen molar-refractivity contribution in [2.24, 2.45) is 4.40 Å². The molecule has 0 saturated heterocycles. The lowest BCUT2D eigenvalue weighted by Crippen LogP contribution is -2.23. The zero-order chi connectivity index (χ0) is 27.6. The summed E-state index contributed by atoms with van der Waals surface area (Å²) in [4.78, 5) is 16.9. The number of alkyl halides is 3. The zero-order valence-corrected chi connectivity index (χ0v) is 21.9. The fraction of sp³-hybridized carbons (Fsp3) is 0.138. The number of carbonyl (C=O) groups excluding carboxylic acids is 1. The van der Waals surface area contributed by atoms with E-state index in [1.54, 1.807) is 17.1 Å². The van der Waals surface area contributed by atoms with E-state index >= 15 is 0 Å². The summed E-state index contributed by atoms with van der Waals surface area (Å²) in [6.07, 6.45) is -0.309. The summed E-state index contributed by atoms with van der Waals surface area (Å²) in [7, 11) is 0. The molecular formula is C29H24F3N5OS. The number of hydrogen-bond acceptors (Lipinski definition) is 4. The molecule has 0 atom stereocenters. The van der Waals surface area contributed by atoms with Gasteiger partial charge in [-0.05, 0) is 71.8 Å². The van der Waals surface area contributed by atoms with Crippen LogP contribution in [0.25, 0.3) is 27.5 Å². The maximum atomic E-state index is 12.9. The normalized spacial score (nSPS) is 11.9. The lowest BCUT2D eigenvalue weighted by atomic mass is 10.1. The second-order valence-electron chi connectivity index (χ2n) is 8.92. The molecule has 0 radical (unpaired) electrons. The Morgan fingerprint density at radius 1 is 1.08 bits per heavy atom. The molecule has 0 fully saturated rings. The Bertz CT molecular complexity index is 1690. The number of fused-ring (bicyclic) bond motifs is 3. The summed E-state index contributed by atoms with van der Waals surface area (Å²) < 4.78 is 47.4. The van der Waals surface area contributed by atoms with Gasteiger partial charge in [0.05, 0.1) is 28.7 Å². The number of carbonyl (C=O) groups is 1. The molecule has 5 aromatic rings. The summed E-state index contributed by atoms with van der Waals surface area (Å²) in [5.74, 6) is 0. The Labute approximate surface area is 227 Å². The maximum absolute atomic E-state index is 12.9. The van der Waals surface area contributed by atoms with E-state index in [2.05, 4.69) is 19.4 Å². The zero-order valence-electron chi connectivity index (χ0n) is 21.1. The second-order valence-corrected chi connectivity index (χ2v) is 9.52. The van der Waals surface area contributed by atoms with Gasteiger partial charge >= 0.3 is 12.2 Å². The van der Waals surface area contributed by atoms with Gasteiger partial charge in [-0.1, -0.05) is 43.3 Å². The van der Waals surface area contributed by atoms with Crippen molar-refractivity contribution in [2.45, 2.75) is 26.4 Å². The Balaban J connectivity index is 1.28. The number of para-hydroxylation sites is 1. The number of imidazole rings is 1. The SMILES string of the molecule is CCc1cccc(C)c1NC(=O)NSN=Cc1ccc2c(ccc3c2ncn3-c2ccc(C(F)(F)F)cc2)c1. The number of urea groups is 1. The first kappa shape index (κ1) is 26.3. The molecular weight excluding hydrogens is 523 g/mol. The first-order valence-electron chi connectivity index (χ1n) is 12.2. The van der Waals surface area contributed by atoms with Gasteiger partial charge in [0.1, 0.15) is 6.33 Å². The molecule has 1 aromatic heterocycles. The number of benzene rings is 4. The first-order chi connectivity index (χ1) is 18.7. The van der Waals surface area contributed by atoms with Crippen LogP contribution in [-0.4, -0.2) is 21.8 Å². The van der Waals surface area contributed by atoms with Crippen molar-refractivity contribution in [2.75, 3.05) is 5.32 Å². The van der Waals surface area contributed by atoms with Crippen LogP contribution >= 0.6 is 12.1 Å². The Morgan fingerprint density at radius 3 is 2.62 bits per heavy atom. The summed E-state index contributed by atoms with van der Waals surface area (Å²) in [6, 6.07) is 20.1. The maximum Gasteiger partial charge on any atom is 0.416 e. The van der Waals surface area contributed by atoms with Crippen molar-refractivity contribution in [3.8, 4) is 5.69 Å². The van der Waals surface area contributed by atoms with E-state index in [9.17, 15) is 18.0 Å². The van der Waals surface area contributed by atoms with Gasteiger partial charge in [0.2, 0.25) is 0 Å². The molecule has 0 aliphatic heterocycles. The number of aromatic nitrogens is 2. The van der Waals surface area contributed by atoms with Gasteiger partial charge in [-0.2, -0.15) is 13.2 Å². The van der Waals surface area contributed by atoms with Crippen LogP contribution in [0.5, 0.6) is 0 Å². The molecule has 10 heteroatoms. The molecule has 2 amide bonds. The minimum Gasteiger partial charge on any atom is -0.307 e. The fourth-order valence-electron chi connectivity index (χ4n) is 4.42. The molecule has 1 heterocycles. The molecule has 5 rings (SSSR count). The number of aryl methyl sites for hydroxylation is 2. The average Bonchev–Trinajstić information content (AvgIpc) is 3.36. The van der Waals surface area contributed by atoms with Gasteiger partial charge in [0, 0.05) is 23.0 Å². The molecule has 4 aromatic carbocycles. The average molecular weight is 548 g/mol. The van der Waals surface area contributed by atoms with Crippen molar-refractivity contribution in [1.29, 1.82) is 0 Å². The minimum atomic E-state index is -4.38. The third-order valence-electron chi connectivity index (χ3n) is 6.40. The van der Waals surface area contributed by atoms with Crippen LogP contribution in [0.2, 0.25) is 0 Å². The highest BCUT2D eigenvalue weighted by Crippen LogP contribution is 2.31. The Hall–Kier alpha value is -4.31.